The molecule has 0 aliphatic carbocycles. The van der Waals surface area contributed by atoms with Crippen molar-refractivity contribution in [2.24, 2.45) is 5.73 Å². The van der Waals surface area contributed by atoms with Gasteiger partial charge in [-0.2, -0.15) is 0 Å². The van der Waals surface area contributed by atoms with E-state index in [-0.39, 0.29) is 12.4 Å². The summed E-state index contributed by atoms with van der Waals surface area (Å²) in [5.41, 5.74) is 8.16. The summed E-state index contributed by atoms with van der Waals surface area (Å²) in [5.74, 6) is 0. The highest BCUT2D eigenvalue weighted by atomic mass is 35.5. The summed E-state index contributed by atoms with van der Waals surface area (Å²) in [6, 6.07) is 8.66. The van der Waals surface area contributed by atoms with Crippen LogP contribution in [0.5, 0.6) is 0 Å². The molecule has 0 atom stereocenters. The molecule has 12 heavy (non-hydrogen) atoms. The standard InChI is InChI=1S/C10H15N.ClH/c1-2-9-3-5-10(6-4-9)7-8-11;/h3-6H,2,7-8,11H2,1H3;1H. The molecule has 0 radical (unpaired) electrons. The van der Waals surface area contributed by atoms with Gasteiger partial charge in [0.25, 0.3) is 0 Å². The summed E-state index contributed by atoms with van der Waals surface area (Å²) in [4.78, 5) is 0. The molecule has 1 aromatic carbocycles. The molecule has 68 valence electrons. The lowest BCUT2D eigenvalue weighted by atomic mass is 10.1. The summed E-state index contributed by atoms with van der Waals surface area (Å²) in [6.45, 7) is 2.91. The van der Waals surface area contributed by atoms with Gasteiger partial charge in [-0.3, -0.25) is 0 Å². The average molecular weight is 186 g/mol. The van der Waals surface area contributed by atoms with Crippen LogP contribution in [0, 0.1) is 0 Å². The number of rotatable bonds is 3. The Morgan fingerprint density at radius 2 is 1.58 bits per heavy atom. The zero-order valence-corrected chi connectivity index (χ0v) is 8.23. The molecule has 0 aliphatic rings. The van der Waals surface area contributed by atoms with Gasteiger partial charge in [-0.1, -0.05) is 31.2 Å². The summed E-state index contributed by atoms with van der Waals surface area (Å²) in [6.07, 6.45) is 2.10. The molecule has 1 nitrogen and oxygen atoms in total. The molecule has 0 saturated heterocycles. The van der Waals surface area contributed by atoms with Crippen molar-refractivity contribution in [3.05, 3.63) is 35.4 Å². The largest absolute Gasteiger partial charge is 0.330 e. The van der Waals surface area contributed by atoms with Crippen molar-refractivity contribution in [2.45, 2.75) is 19.8 Å². The van der Waals surface area contributed by atoms with Crippen molar-refractivity contribution >= 4 is 12.4 Å². The lowest BCUT2D eigenvalue weighted by Crippen LogP contribution is -2.02. The Morgan fingerprint density at radius 1 is 1.08 bits per heavy atom. The Bertz CT molecular complexity index is 206. The molecule has 0 spiro atoms. The molecule has 0 amide bonds. The van der Waals surface area contributed by atoms with Crippen LogP contribution in [0.1, 0.15) is 18.1 Å². The second kappa shape index (κ2) is 6.04. The van der Waals surface area contributed by atoms with Crippen LogP contribution in [0.4, 0.5) is 0 Å². The van der Waals surface area contributed by atoms with Crippen LogP contribution in [-0.4, -0.2) is 6.54 Å². The summed E-state index contributed by atoms with van der Waals surface area (Å²) >= 11 is 0. The highest BCUT2D eigenvalue weighted by molar-refractivity contribution is 5.85. The van der Waals surface area contributed by atoms with Crippen molar-refractivity contribution in [2.75, 3.05) is 6.54 Å². The molecule has 0 bridgehead atoms. The molecule has 0 saturated carbocycles. The average Bonchev–Trinajstić information content (AvgIpc) is 2.07. The fraction of sp³-hybridized carbons (Fsp3) is 0.400. The SMILES string of the molecule is CCc1ccc(CCN)cc1.Cl. The van der Waals surface area contributed by atoms with E-state index in [1.165, 1.54) is 11.1 Å². The lowest BCUT2D eigenvalue weighted by Gasteiger charge is -1.99. The van der Waals surface area contributed by atoms with Gasteiger partial charge < -0.3 is 5.73 Å². The third-order valence-corrected chi connectivity index (χ3v) is 1.86. The predicted molar refractivity (Wildman–Crippen MR) is 55.8 cm³/mol. The van der Waals surface area contributed by atoms with Crippen LogP contribution < -0.4 is 5.73 Å². The molecule has 0 fully saturated rings. The Morgan fingerprint density at radius 3 is 2.00 bits per heavy atom. The van der Waals surface area contributed by atoms with Gasteiger partial charge >= 0.3 is 0 Å². The maximum atomic E-state index is 5.43. The summed E-state index contributed by atoms with van der Waals surface area (Å²) in [7, 11) is 0. The van der Waals surface area contributed by atoms with Crippen LogP contribution in [0.15, 0.2) is 24.3 Å². The van der Waals surface area contributed by atoms with Crippen molar-refractivity contribution in [3.63, 3.8) is 0 Å². The number of aryl methyl sites for hydroxylation is 1. The Labute approximate surface area is 80.4 Å². The summed E-state index contributed by atoms with van der Waals surface area (Å²) < 4.78 is 0. The van der Waals surface area contributed by atoms with E-state index in [0.717, 1.165) is 19.4 Å². The van der Waals surface area contributed by atoms with Crippen LogP contribution in [0.2, 0.25) is 0 Å². The molecule has 0 unspecified atom stereocenters. The lowest BCUT2D eigenvalue weighted by molar-refractivity contribution is 0.965. The normalized spacial score (nSPS) is 9.17. The van der Waals surface area contributed by atoms with Crippen LogP contribution in [0.25, 0.3) is 0 Å². The minimum absolute atomic E-state index is 0. The number of nitrogens with two attached hydrogens (primary N) is 1. The van der Waals surface area contributed by atoms with E-state index in [2.05, 4.69) is 31.2 Å². The molecular formula is C10H16ClN. The topological polar surface area (TPSA) is 26.0 Å². The minimum atomic E-state index is 0. The molecule has 1 aromatic rings. The molecule has 1 rings (SSSR count). The quantitative estimate of drug-likeness (QED) is 0.768. The zero-order valence-electron chi connectivity index (χ0n) is 7.42. The molecule has 2 heteroatoms. The molecular weight excluding hydrogens is 170 g/mol. The third kappa shape index (κ3) is 3.24. The Balaban J connectivity index is 0.00000121. The van der Waals surface area contributed by atoms with Gasteiger partial charge in [-0.15, -0.1) is 12.4 Å². The smallest absolute Gasteiger partial charge is 0.00367 e. The van der Waals surface area contributed by atoms with E-state index >= 15 is 0 Å². The van der Waals surface area contributed by atoms with E-state index in [0.29, 0.717) is 0 Å². The second-order valence-electron chi connectivity index (χ2n) is 2.71. The second-order valence-corrected chi connectivity index (χ2v) is 2.71. The monoisotopic (exact) mass is 185 g/mol. The number of hydrogen-bond donors (Lipinski definition) is 1. The van der Waals surface area contributed by atoms with Crippen LogP contribution in [-0.2, 0) is 12.8 Å². The Hall–Kier alpha value is -0.530. The molecule has 0 heterocycles. The van der Waals surface area contributed by atoms with Crippen molar-refractivity contribution in [3.8, 4) is 0 Å². The maximum absolute atomic E-state index is 5.43. The summed E-state index contributed by atoms with van der Waals surface area (Å²) in [5, 5.41) is 0. The zero-order chi connectivity index (χ0) is 8.10. The van der Waals surface area contributed by atoms with E-state index in [9.17, 15) is 0 Å². The van der Waals surface area contributed by atoms with Crippen molar-refractivity contribution in [1.29, 1.82) is 0 Å². The number of hydrogen-bond acceptors (Lipinski definition) is 1. The Kier molecular flexibility index (Phi) is 5.77. The van der Waals surface area contributed by atoms with Gasteiger partial charge in [-0.25, -0.2) is 0 Å². The minimum Gasteiger partial charge on any atom is -0.330 e. The molecule has 0 aromatic heterocycles. The van der Waals surface area contributed by atoms with E-state index in [1.54, 1.807) is 0 Å². The number of halogens is 1. The van der Waals surface area contributed by atoms with Crippen LogP contribution in [0.3, 0.4) is 0 Å². The van der Waals surface area contributed by atoms with Crippen molar-refractivity contribution < 1.29 is 0 Å². The van der Waals surface area contributed by atoms with Gasteiger partial charge in [0.2, 0.25) is 0 Å². The van der Waals surface area contributed by atoms with E-state index in [1.807, 2.05) is 0 Å². The fourth-order valence-corrected chi connectivity index (χ4v) is 1.11. The predicted octanol–water partition coefficient (Wildman–Crippen LogP) is 2.17. The first-order valence-electron chi connectivity index (χ1n) is 4.14. The highest BCUT2D eigenvalue weighted by Gasteiger charge is 1.90. The number of benzene rings is 1. The highest BCUT2D eigenvalue weighted by Crippen LogP contribution is 2.04. The maximum Gasteiger partial charge on any atom is -0.00367 e. The fourth-order valence-electron chi connectivity index (χ4n) is 1.11. The van der Waals surface area contributed by atoms with Gasteiger partial charge in [0.15, 0.2) is 0 Å². The first-order chi connectivity index (χ1) is 5.36. The third-order valence-electron chi connectivity index (χ3n) is 1.86. The van der Waals surface area contributed by atoms with Gasteiger partial charge in [0.1, 0.15) is 0 Å². The van der Waals surface area contributed by atoms with Gasteiger partial charge in [0.05, 0.1) is 0 Å². The van der Waals surface area contributed by atoms with Gasteiger partial charge in [-0.05, 0) is 30.5 Å². The van der Waals surface area contributed by atoms with Crippen LogP contribution >= 0.6 is 12.4 Å². The first kappa shape index (κ1) is 11.5. The van der Waals surface area contributed by atoms with E-state index in [4.69, 9.17) is 5.73 Å². The van der Waals surface area contributed by atoms with Gasteiger partial charge in [0, 0.05) is 0 Å². The van der Waals surface area contributed by atoms with E-state index < -0.39 is 0 Å². The van der Waals surface area contributed by atoms with Crippen molar-refractivity contribution in [1.82, 2.24) is 0 Å². The first-order valence-corrected chi connectivity index (χ1v) is 4.14. The molecule has 2 N–H and O–H groups in total. The molecule has 0 aliphatic heterocycles.